The molecule has 3 heteroatoms. The average molecular weight is 304 g/mol. The van der Waals surface area contributed by atoms with Crippen LogP contribution in [0, 0.1) is 5.92 Å². The summed E-state index contributed by atoms with van der Waals surface area (Å²) in [6.07, 6.45) is 12.0. The Balaban J connectivity index is 2.13. The van der Waals surface area contributed by atoms with Crippen LogP contribution >= 0.6 is 0 Å². The third-order valence-electron chi connectivity index (χ3n) is 4.15. The maximum atomic E-state index is 12.2. The number of pyridine rings is 1. The Hall–Kier alpha value is -1.38. The molecule has 22 heavy (non-hydrogen) atoms. The van der Waals surface area contributed by atoms with E-state index in [1.807, 2.05) is 24.4 Å². The number of nitrogens with one attached hydrogen (secondary N) is 1. The molecule has 1 unspecified atom stereocenters. The molecule has 1 rings (SSSR count). The molecule has 0 saturated carbocycles. The number of aromatic nitrogens is 1. The van der Waals surface area contributed by atoms with Gasteiger partial charge in [-0.2, -0.15) is 0 Å². The third kappa shape index (κ3) is 8.16. The van der Waals surface area contributed by atoms with Gasteiger partial charge in [0.2, 0.25) is 5.91 Å². The lowest BCUT2D eigenvalue weighted by Crippen LogP contribution is -2.31. The zero-order valence-corrected chi connectivity index (χ0v) is 14.3. The van der Waals surface area contributed by atoms with Gasteiger partial charge in [0.1, 0.15) is 0 Å². The molecule has 0 fully saturated rings. The summed E-state index contributed by atoms with van der Waals surface area (Å²) < 4.78 is 0. The molecule has 0 aliphatic carbocycles. The molecule has 1 aromatic rings. The van der Waals surface area contributed by atoms with Crippen molar-refractivity contribution in [2.75, 3.05) is 6.54 Å². The number of amides is 1. The summed E-state index contributed by atoms with van der Waals surface area (Å²) in [5.41, 5.74) is 1.10. The molecular formula is C19H32N2O. The fraction of sp³-hybridized carbons (Fsp3) is 0.684. The molecule has 1 N–H and O–H groups in total. The van der Waals surface area contributed by atoms with E-state index in [0.29, 0.717) is 0 Å². The van der Waals surface area contributed by atoms with Crippen molar-refractivity contribution < 1.29 is 4.79 Å². The fourth-order valence-electron chi connectivity index (χ4n) is 2.69. The first-order valence-electron chi connectivity index (χ1n) is 8.95. The SMILES string of the molecule is CCCCCCCC(CC)C(=O)NCCCc1ccccn1. The Morgan fingerprint density at radius 2 is 1.95 bits per heavy atom. The van der Waals surface area contributed by atoms with Crippen molar-refractivity contribution in [1.29, 1.82) is 0 Å². The van der Waals surface area contributed by atoms with Crippen molar-refractivity contribution in [3.8, 4) is 0 Å². The van der Waals surface area contributed by atoms with Crippen LogP contribution in [-0.4, -0.2) is 17.4 Å². The monoisotopic (exact) mass is 304 g/mol. The highest BCUT2D eigenvalue weighted by atomic mass is 16.1. The van der Waals surface area contributed by atoms with E-state index in [2.05, 4.69) is 24.1 Å². The maximum absolute atomic E-state index is 12.2. The van der Waals surface area contributed by atoms with E-state index < -0.39 is 0 Å². The van der Waals surface area contributed by atoms with Gasteiger partial charge in [0.25, 0.3) is 0 Å². The van der Waals surface area contributed by atoms with E-state index >= 15 is 0 Å². The quantitative estimate of drug-likeness (QED) is 0.577. The Labute approximate surface area is 135 Å². The molecule has 3 nitrogen and oxygen atoms in total. The van der Waals surface area contributed by atoms with Crippen LogP contribution in [0.5, 0.6) is 0 Å². The highest BCUT2D eigenvalue weighted by Crippen LogP contribution is 2.15. The average Bonchev–Trinajstić information content (AvgIpc) is 2.56. The predicted octanol–water partition coefficient (Wildman–Crippen LogP) is 4.52. The van der Waals surface area contributed by atoms with Gasteiger partial charge in [-0.3, -0.25) is 9.78 Å². The molecule has 1 amide bonds. The second kappa shape index (κ2) is 12.2. The van der Waals surface area contributed by atoms with Crippen LogP contribution in [0.4, 0.5) is 0 Å². The van der Waals surface area contributed by atoms with E-state index in [1.54, 1.807) is 0 Å². The summed E-state index contributed by atoms with van der Waals surface area (Å²) in [5.74, 6) is 0.426. The van der Waals surface area contributed by atoms with Crippen molar-refractivity contribution in [1.82, 2.24) is 10.3 Å². The first kappa shape index (κ1) is 18.7. The van der Waals surface area contributed by atoms with Gasteiger partial charge in [-0.05, 0) is 37.8 Å². The number of carbonyl (C=O) groups is 1. The van der Waals surface area contributed by atoms with Gasteiger partial charge < -0.3 is 5.32 Å². The van der Waals surface area contributed by atoms with Crippen LogP contribution in [0.15, 0.2) is 24.4 Å². The van der Waals surface area contributed by atoms with Crippen LogP contribution in [0.2, 0.25) is 0 Å². The zero-order valence-electron chi connectivity index (χ0n) is 14.3. The normalized spacial score (nSPS) is 12.1. The lowest BCUT2D eigenvalue weighted by atomic mass is 9.97. The lowest BCUT2D eigenvalue weighted by molar-refractivity contribution is -0.125. The Bertz CT molecular complexity index is 392. The van der Waals surface area contributed by atoms with Gasteiger partial charge in [-0.1, -0.05) is 52.0 Å². The van der Waals surface area contributed by atoms with Crippen LogP contribution in [-0.2, 0) is 11.2 Å². The van der Waals surface area contributed by atoms with Crippen LogP contribution in [0.3, 0.4) is 0 Å². The molecule has 0 bridgehead atoms. The topological polar surface area (TPSA) is 42.0 Å². The predicted molar refractivity (Wildman–Crippen MR) is 92.7 cm³/mol. The molecule has 0 aliphatic heterocycles. The summed E-state index contributed by atoms with van der Waals surface area (Å²) in [4.78, 5) is 16.5. The molecule has 0 aromatic carbocycles. The second-order valence-corrected chi connectivity index (χ2v) is 6.02. The number of nitrogens with zero attached hydrogens (tertiary/aromatic N) is 1. The summed E-state index contributed by atoms with van der Waals surface area (Å²) in [6.45, 7) is 5.10. The van der Waals surface area contributed by atoms with Crippen LogP contribution in [0.25, 0.3) is 0 Å². The Morgan fingerprint density at radius 3 is 2.64 bits per heavy atom. The molecule has 0 aliphatic rings. The molecule has 1 atom stereocenters. The fourth-order valence-corrected chi connectivity index (χ4v) is 2.69. The summed E-state index contributed by atoms with van der Waals surface area (Å²) >= 11 is 0. The second-order valence-electron chi connectivity index (χ2n) is 6.02. The van der Waals surface area contributed by atoms with Gasteiger partial charge in [0, 0.05) is 24.4 Å². The van der Waals surface area contributed by atoms with Gasteiger partial charge in [-0.15, -0.1) is 0 Å². The van der Waals surface area contributed by atoms with Gasteiger partial charge in [0.15, 0.2) is 0 Å². The molecule has 0 radical (unpaired) electrons. The van der Waals surface area contributed by atoms with Crippen molar-refractivity contribution in [3.05, 3.63) is 30.1 Å². The van der Waals surface area contributed by atoms with Crippen molar-refractivity contribution in [2.24, 2.45) is 5.92 Å². The number of hydrogen-bond acceptors (Lipinski definition) is 2. The van der Waals surface area contributed by atoms with E-state index in [0.717, 1.165) is 37.9 Å². The molecule has 1 heterocycles. The van der Waals surface area contributed by atoms with Crippen molar-refractivity contribution >= 4 is 5.91 Å². The number of hydrogen-bond donors (Lipinski definition) is 1. The minimum absolute atomic E-state index is 0.191. The number of unbranched alkanes of at least 4 members (excludes halogenated alkanes) is 4. The molecule has 124 valence electrons. The smallest absolute Gasteiger partial charge is 0.223 e. The van der Waals surface area contributed by atoms with E-state index in [4.69, 9.17) is 0 Å². The number of aryl methyl sites for hydroxylation is 1. The van der Waals surface area contributed by atoms with E-state index in [9.17, 15) is 4.79 Å². The first-order valence-corrected chi connectivity index (χ1v) is 8.95. The minimum atomic E-state index is 0.191. The number of rotatable bonds is 12. The maximum Gasteiger partial charge on any atom is 0.223 e. The van der Waals surface area contributed by atoms with Gasteiger partial charge >= 0.3 is 0 Å². The molecule has 0 spiro atoms. The minimum Gasteiger partial charge on any atom is -0.356 e. The van der Waals surface area contributed by atoms with E-state index in [1.165, 1.54) is 32.1 Å². The van der Waals surface area contributed by atoms with Gasteiger partial charge in [-0.25, -0.2) is 0 Å². The third-order valence-corrected chi connectivity index (χ3v) is 4.15. The summed E-state index contributed by atoms with van der Waals surface area (Å²) in [7, 11) is 0. The first-order chi connectivity index (χ1) is 10.8. The molecule has 0 saturated heterocycles. The van der Waals surface area contributed by atoms with Crippen molar-refractivity contribution in [2.45, 2.75) is 71.6 Å². The largest absolute Gasteiger partial charge is 0.356 e. The Kier molecular flexibility index (Phi) is 10.3. The highest BCUT2D eigenvalue weighted by Gasteiger charge is 2.15. The summed E-state index contributed by atoms with van der Waals surface area (Å²) in [5, 5.41) is 3.09. The molecule has 1 aromatic heterocycles. The number of carbonyl (C=O) groups excluding carboxylic acids is 1. The van der Waals surface area contributed by atoms with Crippen molar-refractivity contribution in [3.63, 3.8) is 0 Å². The van der Waals surface area contributed by atoms with E-state index in [-0.39, 0.29) is 11.8 Å². The standard InChI is InChI=1S/C19H32N2O/c1-3-5-6-7-8-12-17(4-2)19(22)21-16-11-14-18-13-9-10-15-20-18/h9-10,13,15,17H,3-8,11-12,14,16H2,1-2H3,(H,21,22). The zero-order chi connectivity index (χ0) is 16.0. The molecular weight excluding hydrogens is 272 g/mol. The lowest BCUT2D eigenvalue weighted by Gasteiger charge is -2.14. The Morgan fingerprint density at radius 1 is 1.14 bits per heavy atom. The van der Waals surface area contributed by atoms with Crippen LogP contribution < -0.4 is 5.32 Å². The van der Waals surface area contributed by atoms with Gasteiger partial charge in [0.05, 0.1) is 0 Å². The van der Waals surface area contributed by atoms with Crippen LogP contribution in [0.1, 0.15) is 70.9 Å². The summed E-state index contributed by atoms with van der Waals surface area (Å²) in [6, 6.07) is 5.97. The highest BCUT2D eigenvalue weighted by molar-refractivity contribution is 5.78.